The van der Waals surface area contributed by atoms with Crippen LogP contribution >= 0.6 is 0 Å². The van der Waals surface area contributed by atoms with Gasteiger partial charge in [-0.3, -0.25) is 4.79 Å². The second-order valence-corrected chi connectivity index (χ2v) is 3.31. The molecule has 0 N–H and O–H groups in total. The molecule has 0 radical (unpaired) electrons. The van der Waals surface area contributed by atoms with E-state index in [0.717, 1.165) is 5.56 Å². The van der Waals surface area contributed by atoms with E-state index in [1.54, 1.807) is 0 Å². The van der Waals surface area contributed by atoms with Crippen molar-refractivity contribution in [2.75, 3.05) is 0 Å². The Bertz CT molecular complexity index is 436. The number of carbonyl (C=O) groups is 1. The van der Waals surface area contributed by atoms with Crippen molar-refractivity contribution in [1.82, 2.24) is 14.8 Å². The highest BCUT2D eigenvalue weighted by Gasteiger charge is 2.16. The SMILES string of the molecule is C[C@@H](C(=O)n1cncn1)c1ccccc1. The molecule has 1 aromatic heterocycles. The normalized spacial score (nSPS) is 12.3. The van der Waals surface area contributed by atoms with Crippen molar-refractivity contribution in [3.05, 3.63) is 48.5 Å². The van der Waals surface area contributed by atoms with E-state index in [0.29, 0.717) is 0 Å². The van der Waals surface area contributed by atoms with Crippen LogP contribution in [0, 0.1) is 0 Å². The predicted molar refractivity (Wildman–Crippen MR) is 55.5 cm³/mol. The third-order valence-corrected chi connectivity index (χ3v) is 2.31. The molecule has 0 saturated heterocycles. The topological polar surface area (TPSA) is 47.8 Å². The average molecular weight is 201 g/mol. The Hall–Kier alpha value is -1.97. The monoisotopic (exact) mass is 201 g/mol. The highest BCUT2D eigenvalue weighted by atomic mass is 16.2. The van der Waals surface area contributed by atoms with Gasteiger partial charge in [0.15, 0.2) is 0 Å². The van der Waals surface area contributed by atoms with Gasteiger partial charge in [0.2, 0.25) is 0 Å². The van der Waals surface area contributed by atoms with Crippen molar-refractivity contribution in [1.29, 1.82) is 0 Å². The summed E-state index contributed by atoms with van der Waals surface area (Å²) in [6.45, 7) is 1.86. The molecule has 2 rings (SSSR count). The Labute approximate surface area is 87.6 Å². The van der Waals surface area contributed by atoms with Crippen molar-refractivity contribution >= 4 is 5.91 Å². The summed E-state index contributed by atoms with van der Waals surface area (Å²) >= 11 is 0. The van der Waals surface area contributed by atoms with E-state index < -0.39 is 0 Å². The third kappa shape index (κ3) is 1.93. The van der Waals surface area contributed by atoms with E-state index in [-0.39, 0.29) is 11.8 Å². The summed E-state index contributed by atoms with van der Waals surface area (Å²) in [5.41, 5.74) is 0.984. The van der Waals surface area contributed by atoms with Gasteiger partial charge in [-0.15, -0.1) is 0 Å². The van der Waals surface area contributed by atoms with E-state index in [4.69, 9.17) is 0 Å². The summed E-state index contributed by atoms with van der Waals surface area (Å²) in [7, 11) is 0. The standard InChI is InChI=1S/C11H11N3O/c1-9(10-5-3-2-4-6-10)11(15)14-8-12-7-13-14/h2-9H,1H3/t9-/m1/s1. The molecule has 15 heavy (non-hydrogen) atoms. The lowest BCUT2D eigenvalue weighted by atomic mass is 10.0. The first-order valence-corrected chi connectivity index (χ1v) is 4.73. The van der Waals surface area contributed by atoms with Crippen LogP contribution in [0.25, 0.3) is 0 Å². The molecule has 0 aliphatic heterocycles. The van der Waals surface area contributed by atoms with Crippen molar-refractivity contribution < 1.29 is 4.79 Å². The minimum absolute atomic E-state index is 0.0706. The molecule has 0 saturated carbocycles. The summed E-state index contributed by atoms with van der Waals surface area (Å²) in [6.07, 6.45) is 2.78. The van der Waals surface area contributed by atoms with Gasteiger partial charge in [0, 0.05) is 0 Å². The molecule has 76 valence electrons. The fourth-order valence-electron chi connectivity index (χ4n) is 1.40. The summed E-state index contributed by atoms with van der Waals surface area (Å²) in [6, 6.07) is 9.62. The Kier molecular flexibility index (Phi) is 2.58. The number of carbonyl (C=O) groups excluding carboxylic acids is 1. The maximum atomic E-state index is 11.9. The van der Waals surface area contributed by atoms with Crippen LogP contribution in [0.4, 0.5) is 0 Å². The molecule has 4 nitrogen and oxygen atoms in total. The number of nitrogens with zero attached hydrogens (tertiary/aromatic N) is 3. The van der Waals surface area contributed by atoms with Crippen molar-refractivity contribution in [2.24, 2.45) is 0 Å². The quantitative estimate of drug-likeness (QED) is 0.743. The van der Waals surface area contributed by atoms with Crippen LogP contribution in [0.15, 0.2) is 43.0 Å². The highest BCUT2D eigenvalue weighted by Crippen LogP contribution is 2.15. The second kappa shape index (κ2) is 4.04. The maximum Gasteiger partial charge on any atom is 0.255 e. The molecule has 1 heterocycles. The van der Waals surface area contributed by atoms with Gasteiger partial charge in [0.1, 0.15) is 12.7 Å². The Morgan fingerprint density at radius 3 is 2.67 bits per heavy atom. The Morgan fingerprint density at radius 1 is 1.33 bits per heavy atom. The molecule has 0 unspecified atom stereocenters. The van der Waals surface area contributed by atoms with Gasteiger partial charge in [-0.25, -0.2) is 4.98 Å². The molecule has 2 aromatic rings. The van der Waals surface area contributed by atoms with E-state index in [1.807, 2.05) is 37.3 Å². The number of hydrogen-bond acceptors (Lipinski definition) is 3. The molecule has 4 heteroatoms. The lowest BCUT2D eigenvalue weighted by Crippen LogP contribution is -2.18. The Morgan fingerprint density at radius 2 is 2.07 bits per heavy atom. The summed E-state index contributed by atoms with van der Waals surface area (Å²) in [5, 5.41) is 3.82. The molecule has 0 aliphatic carbocycles. The molecule has 1 aromatic carbocycles. The first-order chi connectivity index (χ1) is 7.29. The number of hydrogen-bond donors (Lipinski definition) is 0. The van der Waals surface area contributed by atoms with Crippen molar-refractivity contribution in [2.45, 2.75) is 12.8 Å². The molecule has 0 spiro atoms. The molecule has 0 bridgehead atoms. The highest BCUT2D eigenvalue weighted by molar-refractivity contribution is 5.84. The van der Waals surface area contributed by atoms with E-state index >= 15 is 0 Å². The molecule has 0 fully saturated rings. The van der Waals surface area contributed by atoms with Crippen LogP contribution in [0.5, 0.6) is 0 Å². The van der Waals surface area contributed by atoms with Gasteiger partial charge >= 0.3 is 0 Å². The molecule has 0 amide bonds. The molecular formula is C11H11N3O. The van der Waals surface area contributed by atoms with Gasteiger partial charge in [-0.1, -0.05) is 30.3 Å². The maximum absolute atomic E-state index is 11.9. The van der Waals surface area contributed by atoms with Crippen LogP contribution in [0.3, 0.4) is 0 Å². The van der Waals surface area contributed by atoms with Gasteiger partial charge in [-0.2, -0.15) is 9.78 Å². The van der Waals surface area contributed by atoms with E-state index in [2.05, 4.69) is 10.1 Å². The predicted octanol–water partition coefficient (Wildman–Crippen LogP) is 1.72. The summed E-state index contributed by atoms with van der Waals surface area (Å²) in [5.74, 6) is -0.272. The smallest absolute Gasteiger partial charge is 0.255 e. The minimum atomic E-state index is -0.201. The first kappa shape index (κ1) is 9.58. The lowest BCUT2D eigenvalue weighted by molar-refractivity contribution is 0.0868. The van der Waals surface area contributed by atoms with E-state index in [1.165, 1.54) is 17.3 Å². The summed E-state index contributed by atoms with van der Waals surface area (Å²) in [4.78, 5) is 15.6. The summed E-state index contributed by atoms with van der Waals surface area (Å²) < 4.78 is 1.26. The van der Waals surface area contributed by atoms with Crippen LogP contribution < -0.4 is 0 Å². The van der Waals surface area contributed by atoms with Crippen LogP contribution in [0.2, 0.25) is 0 Å². The van der Waals surface area contributed by atoms with E-state index in [9.17, 15) is 4.79 Å². The fourth-order valence-corrected chi connectivity index (χ4v) is 1.40. The average Bonchev–Trinajstić information content (AvgIpc) is 2.82. The fraction of sp³-hybridized carbons (Fsp3) is 0.182. The number of rotatable bonds is 2. The van der Waals surface area contributed by atoms with Crippen LogP contribution in [-0.4, -0.2) is 20.7 Å². The van der Waals surface area contributed by atoms with Crippen molar-refractivity contribution in [3.8, 4) is 0 Å². The molecule has 1 atom stereocenters. The molecule has 0 aliphatic rings. The van der Waals surface area contributed by atoms with Gasteiger partial charge in [-0.05, 0) is 12.5 Å². The van der Waals surface area contributed by atoms with Gasteiger partial charge in [0.25, 0.3) is 5.91 Å². The zero-order valence-corrected chi connectivity index (χ0v) is 8.37. The third-order valence-electron chi connectivity index (χ3n) is 2.31. The number of aromatic nitrogens is 3. The zero-order valence-electron chi connectivity index (χ0n) is 8.37. The zero-order chi connectivity index (χ0) is 10.7. The van der Waals surface area contributed by atoms with Crippen LogP contribution in [0.1, 0.15) is 23.2 Å². The number of benzene rings is 1. The van der Waals surface area contributed by atoms with Crippen molar-refractivity contribution in [3.63, 3.8) is 0 Å². The minimum Gasteiger partial charge on any atom is -0.272 e. The lowest BCUT2D eigenvalue weighted by Gasteiger charge is -2.09. The second-order valence-electron chi connectivity index (χ2n) is 3.31. The molecular weight excluding hydrogens is 190 g/mol. The Balaban J connectivity index is 2.23. The van der Waals surface area contributed by atoms with Gasteiger partial charge in [0.05, 0.1) is 5.92 Å². The largest absolute Gasteiger partial charge is 0.272 e. The van der Waals surface area contributed by atoms with Crippen LogP contribution in [-0.2, 0) is 0 Å². The van der Waals surface area contributed by atoms with Gasteiger partial charge < -0.3 is 0 Å². The first-order valence-electron chi connectivity index (χ1n) is 4.73.